The van der Waals surface area contributed by atoms with Crippen molar-refractivity contribution in [3.63, 3.8) is 0 Å². The molecule has 0 aliphatic carbocycles. The van der Waals surface area contributed by atoms with Gasteiger partial charge in [0.1, 0.15) is 11.9 Å². The molecule has 1 aliphatic heterocycles. The molecule has 2 atom stereocenters. The van der Waals surface area contributed by atoms with Crippen molar-refractivity contribution in [3.05, 3.63) is 35.1 Å². The molecule has 104 valence electrons. The number of hydrogen-bond acceptors (Lipinski definition) is 2. The lowest BCUT2D eigenvalue weighted by Crippen LogP contribution is -2.40. The summed E-state index contributed by atoms with van der Waals surface area (Å²) in [5.41, 5.74) is 1.16. The van der Waals surface area contributed by atoms with E-state index in [1.807, 2.05) is 4.90 Å². The van der Waals surface area contributed by atoms with Crippen LogP contribution in [-0.2, 0) is 4.79 Å². The molecule has 1 N–H and O–H groups in total. The number of likely N-dealkylation sites (tertiary alicyclic amines) is 1. The Labute approximate surface area is 113 Å². The monoisotopic (exact) mass is 265 g/mol. The van der Waals surface area contributed by atoms with Crippen LogP contribution in [0.1, 0.15) is 36.9 Å². The molecule has 0 aromatic heterocycles. The Morgan fingerprint density at radius 3 is 2.84 bits per heavy atom. The van der Waals surface area contributed by atoms with Gasteiger partial charge < -0.3 is 5.11 Å². The minimum atomic E-state index is -0.861. The molecule has 0 saturated carbocycles. The largest absolute Gasteiger partial charge is 0.480 e. The average Bonchev–Trinajstić information content (AvgIpc) is 2.33. The highest BCUT2D eigenvalue weighted by molar-refractivity contribution is 5.75. The van der Waals surface area contributed by atoms with E-state index < -0.39 is 12.0 Å². The summed E-state index contributed by atoms with van der Waals surface area (Å²) in [6.07, 6.45) is 2.16. The lowest BCUT2D eigenvalue weighted by atomic mass is 9.95. The first kappa shape index (κ1) is 14.0. The van der Waals surface area contributed by atoms with Crippen LogP contribution in [0.3, 0.4) is 0 Å². The number of carbonyl (C=O) groups is 1. The average molecular weight is 265 g/mol. The van der Waals surface area contributed by atoms with Crippen LogP contribution >= 0.6 is 0 Å². The second-order valence-corrected chi connectivity index (χ2v) is 5.49. The molecule has 2 rings (SSSR count). The van der Waals surface area contributed by atoms with Gasteiger partial charge in [-0.25, -0.2) is 4.39 Å². The Balaban J connectivity index is 2.28. The number of hydrogen-bond donors (Lipinski definition) is 1. The maximum atomic E-state index is 13.3. The molecule has 2 unspecified atom stereocenters. The SMILES string of the molecule is Cc1cc(C(C(=O)O)N2CCCC(C)C2)ccc1F. The summed E-state index contributed by atoms with van der Waals surface area (Å²) in [4.78, 5) is 13.6. The molecule has 19 heavy (non-hydrogen) atoms. The smallest absolute Gasteiger partial charge is 0.325 e. The third-order valence-corrected chi connectivity index (χ3v) is 3.79. The fraction of sp³-hybridized carbons (Fsp3) is 0.533. The van der Waals surface area contributed by atoms with Gasteiger partial charge in [-0.05, 0) is 49.4 Å². The molecule has 3 nitrogen and oxygen atoms in total. The van der Waals surface area contributed by atoms with Gasteiger partial charge in [0.2, 0.25) is 0 Å². The summed E-state index contributed by atoms with van der Waals surface area (Å²) >= 11 is 0. The standard InChI is InChI=1S/C15H20FNO2/c1-10-4-3-7-17(9-10)14(15(18)19)12-5-6-13(16)11(2)8-12/h5-6,8,10,14H,3-4,7,9H2,1-2H3,(H,18,19). The minimum absolute atomic E-state index is 0.292. The predicted molar refractivity (Wildman–Crippen MR) is 71.5 cm³/mol. The van der Waals surface area contributed by atoms with Gasteiger partial charge in [-0.15, -0.1) is 0 Å². The lowest BCUT2D eigenvalue weighted by Gasteiger charge is -2.35. The number of carboxylic acids is 1. The van der Waals surface area contributed by atoms with Crippen LogP contribution in [0.2, 0.25) is 0 Å². The number of benzene rings is 1. The highest BCUT2D eigenvalue weighted by Gasteiger charge is 2.30. The second-order valence-electron chi connectivity index (χ2n) is 5.49. The lowest BCUT2D eigenvalue weighted by molar-refractivity contribution is -0.144. The van der Waals surface area contributed by atoms with Crippen LogP contribution in [0, 0.1) is 18.7 Å². The number of aryl methyl sites for hydroxylation is 1. The van der Waals surface area contributed by atoms with E-state index in [0.717, 1.165) is 25.9 Å². The normalized spacial score (nSPS) is 22.2. The van der Waals surface area contributed by atoms with E-state index in [2.05, 4.69) is 6.92 Å². The molecule has 4 heteroatoms. The van der Waals surface area contributed by atoms with Gasteiger partial charge in [0.05, 0.1) is 0 Å². The topological polar surface area (TPSA) is 40.5 Å². The maximum absolute atomic E-state index is 13.3. The molecule has 1 fully saturated rings. The zero-order valence-electron chi connectivity index (χ0n) is 11.4. The first-order valence-corrected chi connectivity index (χ1v) is 6.72. The van der Waals surface area contributed by atoms with Crippen molar-refractivity contribution >= 4 is 5.97 Å². The van der Waals surface area contributed by atoms with E-state index in [0.29, 0.717) is 17.0 Å². The molecule has 1 aromatic rings. The molecular formula is C15H20FNO2. The molecule has 0 spiro atoms. The third-order valence-electron chi connectivity index (χ3n) is 3.79. The molecule has 1 aliphatic rings. The van der Waals surface area contributed by atoms with Crippen LogP contribution in [0.25, 0.3) is 0 Å². The van der Waals surface area contributed by atoms with Gasteiger partial charge in [0, 0.05) is 6.54 Å². The fourth-order valence-electron chi connectivity index (χ4n) is 2.81. The zero-order chi connectivity index (χ0) is 14.0. The number of aliphatic carboxylic acids is 1. The molecule has 0 radical (unpaired) electrons. The zero-order valence-corrected chi connectivity index (χ0v) is 11.4. The highest BCUT2D eigenvalue weighted by Crippen LogP contribution is 2.28. The third kappa shape index (κ3) is 3.13. The number of piperidine rings is 1. The van der Waals surface area contributed by atoms with Crippen molar-refractivity contribution in [1.82, 2.24) is 4.90 Å². The van der Waals surface area contributed by atoms with Crippen LogP contribution in [0.4, 0.5) is 4.39 Å². The minimum Gasteiger partial charge on any atom is -0.480 e. The fourth-order valence-corrected chi connectivity index (χ4v) is 2.81. The maximum Gasteiger partial charge on any atom is 0.325 e. The van der Waals surface area contributed by atoms with Gasteiger partial charge >= 0.3 is 5.97 Å². The first-order valence-electron chi connectivity index (χ1n) is 6.72. The van der Waals surface area contributed by atoms with E-state index in [4.69, 9.17) is 0 Å². The van der Waals surface area contributed by atoms with E-state index in [1.165, 1.54) is 6.07 Å². The number of rotatable bonds is 3. The van der Waals surface area contributed by atoms with Crippen molar-refractivity contribution in [1.29, 1.82) is 0 Å². The first-order chi connectivity index (χ1) is 8.99. The highest BCUT2D eigenvalue weighted by atomic mass is 19.1. The Kier molecular flexibility index (Phi) is 4.20. The summed E-state index contributed by atoms with van der Waals surface area (Å²) in [6, 6.07) is 3.92. The predicted octanol–water partition coefficient (Wildman–Crippen LogP) is 2.99. The summed E-state index contributed by atoms with van der Waals surface area (Å²) in [6.45, 7) is 5.38. The second kappa shape index (κ2) is 5.70. The van der Waals surface area contributed by atoms with Crippen molar-refractivity contribution in [2.45, 2.75) is 32.7 Å². The quantitative estimate of drug-likeness (QED) is 0.913. The van der Waals surface area contributed by atoms with Gasteiger partial charge in [-0.2, -0.15) is 0 Å². The molecular weight excluding hydrogens is 245 g/mol. The molecule has 1 heterocycles. The van der Waals surface area contributed by atoms with Gasteiger partial charge in [-0.1, -0.05) is 19.1 Å². The van der Waals surface area contributed by atoms with E-state index in [-0.39, 0.29) is 5.82 Å². The van der Waals surface area contributed by atoms with Crippen LogP contribution < -0.4 is 0 Å². The van der Waals surface area contributed by atoms with Crippen molar-refractivity contribution in [2.24, 2.45) is 5.92 Å². The van der Waals surface area contributed by atoms with Gasteiger partial charge in [0.25, 0.3) is 0 Å². The summed E-state index contributed by atoms with van der Waals surface area (Å²) in [5.74, 6) is -0.642. The van der Waals surface area contributed by atoms with Crippen molar-refractivity contribution < 1.29 is 14.3 Å². The van der Waals surface area contributed by atoms with Crippen molar-refractivity contribution in [3.8, 4) is 0 Å². The van der Waals surface area contributed by atoms with E-state index in [1.54, 1.807) is 19.1 Å². The summed E-state index contributed by atoms with van der Waals surface area (Å²) in [7, 11) is 0. The van der Waals surface area contributed by atoms with E-state index >= 15 is 0 Å². The van der Waals surface area contributed by atoms with Crippen LogP contribution in [0.15, 0.2) is 18.2 Å². The number of carboxylic acid groups (broad SMARTS) is 1. The number of nitrogens with zero attached hydrogens (tertiary/aromatic N) is 1. The van der Waals surface area contributed by atoms with Crippen LogP contribution in [0.5, 0.6) is 0 Å². The summed E-state index contributed by atoms with van der Waals surface area (Å²) < 4.78 is 13.3. The molecule has 0 amide bonds. The Morgan fingerprint density at radius 2 is 2.26 bits per heavy atom. The van der Waals surface area contributed by atoms with Crippen molar-refractivity contribution in [2.75, 3.05) is 13.1 Å². The van der Waals surface area contributed by atoms with Crippen LogP contribution in [-0.4, -0.2) is 29.1 Å². The van der Waals surface area contributed by atoms with Gasteiger partial charge in [0.15, 0.2) is 0 Å². The van der Waals surface area contributed by atoms with E-state index in [9.17, 15) is 14.3 Å². The molecule has 1 aromatic carbocycles. The van der Waals surface area contributed by atoms with Gasteiger partial charge in [-0.3, -0.25) is 9.69 Å². The Morgan fingerprint density at radius 1 is 1.53 bits per heavy atom. The summed E-state index contributed by atoms with van der Waals surface area (Å²) in [5, 5.41) is 9.49. The Bertz CT molecular complexity index is 475. The molecule has 0 bridgehead atoms. The number of halogens is 1. The Hall–Kier alpha value is -1.42. The molecule has 1 saturated heterocycles.